The van der Waals surface area contributed by atoms with Crippen LogP contribution in [-0.2, 0) is 16.0 Å². The number of halogens is 3. The number of alkyl halides is 3. The standard InChI is InChI=1S/C14H12F3N5O2S2/c1-2-26(23,24)12-10(8-4-5-9(25-8)14(15,16)17)11(18)22(21-12)13-19-6-3-7-20-13/h3-7H,2,18H2,1H3. The zero-order valence-corrected chi connectivity index (χ0v) is 14.9. The molecule has 0 atom stereocenters. The van der Waals surface area contributed by atoms with Crippen molar-refractivity contribution in [2.75, 3.05) is 11.5 Å². The number of anilines is 1. The summed E-state index contributed by atoms with van der Waals surface area (Å²) in [6, 6.07) is 3.59. The predicted molar refractivity (Wildman–Crippen MR) is 89.6 cm³/mol. The van der Waals surface area contributed by atoms with Crippen molar-refractivity contribution in [3.8, 4) is 16.4 Å². The number of thiophene rings is 1. The molecule has 3 aromatic heterocycles. The molecule has 0 aliphatic carbocycles. The lowest BCUT2D eigenvalue weighted by molar-refractivity contribution is -0.134. The van der Waals surface area contributed by atoms with E-state index in [4.69, 9.17) is 5.73 Å². The van der Waals surface area contributed by atoms with Crippen LogP contribution in [0.2, 0.25) is 0 Å². The third-order valence-corrected chi connectivity index (χ3v) is 6.22. The van der Waals surface area contributed by atoms with Crippen LogP contribution >= 0.6 is 11.3 Å². The molecule has 7 nitrogen and oxygen atoms in total. The van der Waals surface area contributed by atoms with Crippen molar-refractivity contribution in [1.82, 2.24) is 19.7 Å². The van der Waals surface area contributed by atoms with Crippen LogP contribution in [0.5, 0.6) is 0 Å². The highest BCUT2D eigenvalue weighted by Crippen LogP contribution is 2.42. The third-order valence-electron chi connectivity index (χ3n) is 3.44. The Morgan fingerprint density at radius 1 is 1.23 bits per heavy atom. The maximum Gasteiger partial charge on any atom is 0.425 e. The van der Waals surface area contributed by atoms with Gasteiger partial charge in [-0.1, -0.05) is 6.92 Å². The largest absolute Gasteiger partial charge is 0.425 e. The summed E-state index contributed by atoms with van der Waals surface area (Å²) in [5.41, 5.74) is 5.94. The molecule has 3 rings (SSSR count). The van der Waals surface area contributed by atoms with Crippen LogP contribution in [0.25, 0.3) is 16.4 Å². The molecule has 0 fully saturated rings. The Bertz CT molecular complexity index is 1040. The van der Waals surface area contributed by atoms with Crippen molar-refractivity contribution in [2.45, 2.75) is 18.1 Å². The number of aromatic nitrogens is 4. The van der Waals surface area contributed by atoms with Gasteiger partial charge in [0.05, 0.1) is 11.3 Å². The highest BCUT2D eigenvalue weighted by Gasteiger charge is 2.34. The van der Waals surface area contributed by atoms with Gasteiger partial charge >= 0.3 is 6.18 Å². The van der Waals surface area contributed by atoms with E-state index in [1.54, 1.807) is 6.07 Å². The zero-order valence-electron chi connectivity index (χ0n) is 13.2. The maximum atomic E-state index is 12.9. The van der Waals surface area contributed by atoms with E-state index >= 15 is 0 Å². The first-order valence-electron chi connectivity index (χ1n) is 7.21. The van der Waals surface area contributed by atoms with E-state index in [1.165, 1.54) is 25.4 Å². The van der Waals surface area contributed by atoms with Crippen molar-refractivity contribution >= 4 is 27.0 Å². The highest BCUT2D eigenvalue weighted by atomic mass is 32.2. The summed E-state index contributed by atoms with van der Waals surface area (Å²) in [6.45, 7) is 1.41. The second kappa shape index (κ2) is 6.36. The number of nitrogens with zero attached hydrogens (tertiary/aromatic N) is 4. The summed E-state index contributed by atoms with van der Waals surface area (Å²) in [7, 11) is -3.85. The molecule has 0 amide bonds. The van der Waals surface area contributed by atoms with Crippen LogP contribution in [0.3, 0.4) is 0 Å². The van der Waals surface area contributed by atoms with Gasteiger partial charge in [-0.2, -0.15) is 23.0 Å². The Morgan fingerprint density at radius 3 is 2.42 bits per heavy atom. The molecule has 0 aromatic carbocycles. The zero-order chi connectivity index (χ0) is 19.1. The summed E-state index contributed by atoms with van der Waals surface area (Å²) in [5.74, 6) is -0.431. The normalized spacial score (nSPS) is 12.5. The fourth-order valence-corrected chi connectivity index (χ4v) is 4.17. The minimum atomic E-state index is -4.54. The molecule has 0 aliphatic rings. The summed E-state index contributed by atoms with van der Waals surface area (Å²) >= 11 is 0.393. The molecule has 3 heterocycles. The summed E-state index contributed by atoms with van der Waals surface area (Å²) < 4.78 is 64.5. The number of hydrogen-bond acceptors (Lipinski definition) is 7. The number of nitrogens with two attached hydrogens (primary N) is 1. The molecule has 0 saturated heterocycles. The second-order valence-electron chi connectivity index (χ2n) is 5.09. The lowest BCUT2D eigenvalue weighted by atomic mass is 10.2. The van der Waals surface area contributed by atoms with E-state index in [0.717, 1.165) is 10.7 Å². The molecule has 0 spiro atoms. The monoisotopic (exact) mass is 403 g/mol. The lowest BCUT2D eigenvalue weighted by Crippen LogP contribution is -2.08. The molecule has 0 saturated carbocycles. The number of rotatable bonds is 4. The van der Waals surface area contributed by atoms with Gasteiger partial charge in [-0.15, -0.1) is 11.3 Å². The predicted octanol–water partition coefficient (Wildman–Crippen LogP) is 2.79. The quantitative estimate of drug-likeness (QED) is 0.718. The SMILES string of the molecule is CCS(=O)(=O)c1nn(-c2ncccn2)c(N)c1-c1ccc(C(F)(F)F)s1. The Labute approximate surface area is 150 Å². The first-order chi connectivity index (χ1) is 12.1. The van der Waals surface area contributed by atoms with Crippen LogP contribution in [0, 0.1) is 0 Å². The molecule has 26 heavy (non-hydrogen) atoms. The molecular formula is C14H12F3N5O2S2. The Balaban J connectivity index is 2.27. The van der Waals surface area contributed by atoms with Gasteiger partial charge in [-0.3, -0.25) is 0 Å². The van der Waals surface area contributed by atoms with Crippen LogP contribution in [0.15, 0.2) is 35.6 Å². The van der Waals surface area contributed by atoms with Crippen molar-refractivity contribution < 1.29 is 21.6 Å². The van der Waals surface area contributed by atoms with Gasteiger partial charge in [-0.25, -0.2) is 18.4 Å². The Morgan fingerprint density at radius 2 is 1.88 bits per heavy atom. The third kappa shape index (κ3) is 3.17. The van der Waals surface area contributed by atoms with Crippen molar-refractivity contribution in [2.24, 2.45) is 0 Å². The van der Waals surface area contributed by atoms with E-state index in [-0.39, 0.29) is 28.0 Å². The van der Waals surface area contributed by atoms with Gasteiger partial charge < -0.3 is 5.73 Å². The molecular weight excluding hydrogens is 391 g/mol. The summed E-state index contributed by atoms with van der Waals surface area (Å²) in [5, 5.41) is 3.57. The maximum absolute atomic E-state index is 12.9. The first-order valence-corrected chi connectivity index (χ1v) is 9.68. The average molecular weight is 403 g/mol. The fraction of sp³-hybridized carbons (Fsp3) is 0.214. The minimum Gasteiger partial charge on any atom is -0.383 e. The minimum absolute atomic E-state index is 0.0106. The van der Waals surface area contributed by atoms with Crippen LogP contribution in [-0.4, -0.2) is 33.9 Å². The van der Waals surface area contributed by atoms with E-state index in [9.17, 15) is 21.6 Å². The fourth-order valence-electron chi connectivity index (χ4n) is 2.17. The number of sulfone groups is 1. The smallest absolute Gasteiger partial charge is 0.383 e. The average Bonchev–Trinajstić information content (AvgIpc) is 3.20. The summed E-state index contributed by atoms with van der Waals surface area (Å²) in [4.78, 5) is 7.08. The second-order valence-corrected chi connectivity index (χ2v) is 8.37. The van der Waals surface area contributed by atoms with Crippen molar-refractivity contribution in [1.29, 1.82) is 0 Å². The number of hydrogen-bond donors (Lipinski definition) is 1. The van der Waals surface area contributed by atoms with Gasteiger partial charge in [0.15, 0.2) is 14.9 Å². The van der Waals surface area contributed by atoms with Gasteiger partial charge in [0.2, 0.25) is 0 Å². The van der Waals surface area contributed by atoms with Gasteiger partial charge in [0, 0.05) is 17.3 Å². The first kappa shape index (κ1) is 18.3. The van der Waals surface area contributed by atoms with E-state index in [0.29, 0.717) is 11.3 Å². The van der Waals surface area contributed by atoms with Gasteiger partial charge in [0.25, 0.3) is 5.95 Å². The lowest BCUT2D eigenvalue weighted by Gasteiger charge is -2.03. The molecule has 0 bridgehead atoms. The topological polar surface area (TPSA) is 104 Å². The summed E-state index contributed by atoms with van der Waals surface area (Å²) in [6.07, 6.45) is -1.73. The van der Waals surface area contributed by atoms with Crippen molar-refractivity contribution in [3.63, 3.8) is 0 Å². The van der Waals surface area contributed by atoms with Gasteiger partial charge in [0.1, 0.15) is 10.7 Å². The molecule has 2 N–H and O–H groups in total. The molecule has 0 unspecified atom stereocenters. The highest BCUT2D eigenvalue weighted by molar-refractivity contribution is 7.91. The molecule has 138 valence electrons. The number of nitrogen functional groups attached to an aromatic ring is 1. The van der Waals surface area contributed by atoms with Crippen LogP contribution < -0.4 is 5.73 Å². The van der Waals surface area contributed by atoms with E-state index in [2.05, 4.69) is 15.1 Å². The van der Waals surface area contributed by atoms with Crippen LogP contribution in [0.1, 0.15) is 11.8 Å². The Kier molecular flexibility index (Phi) is 4.48. The Hall–Kier alpha value is -2.47. The van der Waals surface area contributed by atoms with Crippen molar-refractivity contribution in [3.05, 3.63) is 35.5 Å². The molecule has 3 aromatic rings. The molecule has 0 aliphatic heterocycles. The van der Waals surface area contributed by atoms with E-state index in [1.807, 2.05) is 0 Å². The van der Waals surface area contributed by atoms with E-state index < -0.39 is 25.9 Å². The molecule has 12 heteroatoms. The van der Waals surface area contributed by atoms with Crippen LogP contribution in [0.4, 0.5) is 19.0 Å². The van der Waals surface area contributed by atoms with Gasteiger partial charge in [-0.05, 0) is 18.2 Å². The molecule has 0 radical (unpaired) electrons.